The summed E-state index contributed by atoms with van der Waals surface area (Å²) in [4.78, 5) is 0. The van der Waals surface area contributed by atoms with Crippen molar-refractivity contribution in [3.63, 3.8) is 0 Å². The lowest BCUT2D eigenvalue weighted by molar-refractivity contribution is 0.238. The number of hydrogen-bond acceptors (Lipinski definition) is 2. The largest absolute Gasteiger partial charge is 0.491 e. The van der Waals surface area contributed by atoms with Gasteiger partial charge >= 0.3 is 0 Å². The molecule has 1 N–H and O–H groups in total. The van der Waals surface area contributed by atoms with E-state index in [4.69, 9.17) is 4.74 Å². The summed E-state index contributed by atoms with van der Waals surface area (Å²) in [5.74, 6) is 0.550. The van der Waals surface area contributed by atoms with Gasteiger partial charge in [-0.2, -0.15) is 0 Å². The molecule has 0 saturated heterocycles. The fraction of sp³-hybridized carbons (Fsp3) is 0.294. The van der Waals surface area contributed by atoms with Crippen molar-refractivity contribution in [2.24, 2.45) is 0 Å². The summed E-state index contributed by atoms with van der Waals surface area (Å²) in [6.07, 6.45) is 0.0860. The molecule has 0 fully saturated rings. The number of para-hydroxylation sites is 1. The number of ether oxygens (including phenoxy) is 1. The van der Waals surface area contributed by atoms with Crippen LogP contribution >= 0.6 is 15.9 Å². The van der Waals surface area contributed by atoms with Crippen LogP contribution in [-0.2, 0) is 0 Å². The summed E-state index contributed by atoms with van der Waals surface area (Å²) >= 11 is 3.34. The maximum atomic E-state index is 13.7. The molecule has 4 heteroatoms. The van der Waals surface area contributed by atoms with Gasteiger partial charge in [0.05, 0.1) is 12.1 Å². The van der Waals surface area contributed by atoms with E-state index < -0.39 is 0 Å². The standard InChI is InChI=1S/C17H19BrFNO/c1-11(2)21-16-7-5-4-6-15(16)17(20-3)12-8-13(18)10-14(19)9-12/h4-11,17,20H,1-3H3. The normalized spacial score (nSPS) is 12.5. The van der Waals surface area contributed by atoms with Crippen molar-refractivity contribution < 1.29 is 9.13 Å². The Morgan fingerprint density at radius 3 is 2.48 bits per heavy atom. The van der Waals surface area contributed by atoms with Crippen LogP contribution < -0.4 is 10.1 Å². The molecule has 112 valence electrons. The molecule has 1 unspecified atom stereocenters. The first kappa shape index (κ1) is 16.0. The van der Waals surface area contributed by atoms with E-state index in [-0.39, 0.29) is 18.0 Å². The minimum absolute atomic E-state index is 0.0860. The van der Waals surface area contributed by atoms with Crippen molar-refractivity contribution >= 4 is 15.9 Å². The Hall–Kier alpha value is -1.39. The highest BCUT2D eigenvalue weighted by molar-refractivity contribution is 9.10. The number of rotatable bonds is 5. The zero-order chi connectivity index (χ0) is 15.4. The summed E-state index contributed by atoms with van der Waals surface area (Å²) in [7, 11) is 1.86. The van der Waals surface area contributed by atoms with E-state index in [1.807, 2.05) is 51.2 Å². The second-order valence-corrected chi connectivity index (χ2v) is 6.04. The SMILES string of the molecule is CNC(c1cc(F)cc(Br)c1)c1ccccc1OC(C)C. The second kappa shape index (κ2) is 7.05. The first-order valence-corrected chi connectivity index (χ1v) is 7.69. The van der Waals surface area contributed by atoms with Crippen molar-refractivity contribution in [2.75, 3.05) is 7.05 Å². The minimum atomic E-state index is -0.262. The van der Waals surface area contributed by atoms with Gasteiger partial charge in [0.2, 0.25) is 0 Å². The molecule has 2 aromatic carbocycles. The third kappa shape index (κ3) is 4.05. The number of halogens is 2. The third-order valence-corrected chi connectivity index (χ3v) is 3.56. The number of hydrogen-bond donors (Lipinski definition) is 1. The van der Waals surface area contributed by atoms with Crippen LogP contribution in [0.4, 0.5) is 4.39 Å². The van der Waals surface area contributed by atoms with Gasteiger partial charge in [0, 0.05) is 10.0 Å². The quantitative estimate of drug-likeness (QED) is 0.843. The van der Waals surface area contributed by atoms with Crippen LogP contribution in [-0.4, -0.2) is 13.2 Å². The lowest BCUT2D eigenvalue weighted by Gasteiger charge is -2.22. The van der Waals surface area contributed by atoms with Gasteiger partial charge in [-0.05, 0) is 50.7 Å². The molecule has 1 atom stereocenters. The highest BCUT2D eigenvalue weighted by Gasteiger charge is 2.18. The summed E-state index contributed by atoms with van der Waals surface area (Å²) in [6, 6.07) is 12.6. The Bertz CT molecular complexity index is 595. The van der Waals surface area contributed by atoms with Crippen LogP contribution in [0.2, 0.25) is 0 Å². The van der Waals surface area contributed by atoms with Crippen molar-refractivity contribution in [3.8, 4) is 5.75 Å². The van der Waals surface area contributed by atoms with Gasteiger partial charge < -0.3 is 10.1 Å². The summed E-state index contributed by atoms with van der Waals surface area (Å²) < 4.78 is 20.2. The van der Waals surface area contributed by atoms with Crippen LogP contribution in [0.1, 0.15) is 31.0 Å². The molecule has 0 amide bonds. The Morgan fingerprint density at radius 2 is 1.86 bits per heavy atom. The van der Waals surface area contributed by atoms with Gasteiger partial charge in [0.25, 0.3) is 0 Å². The van der Waals surface area contributed by atoms with Crippen molar-refractivity contribution in [1.29, 1.82) is 0 Å². The van der Waals surface area contributed by atoms with E-state index in [0.29, 0.717) is 0 Å². The minimum Gasteiger partial charge on any atom is -0.491 e. The second-order valence-electron chi connectivity index (χ2n) is 5.13. The third-order valence-electron chi connectivity index (χ3n) is 3.10. The Kier molecular flexibility index (Phi) is 5.37. The molecular weight excluding hydrogens is 333 g/mol. The molecule has 0 aliphatic heterocycles. The molecule has 0 saturated carbocycles. The first-order chi connectivity index (χ1) is 10.0. The van der Waals surface area contributed by atoms with Gasteiger partial charge in [0.1, 0.15) is 11.6 Å². The number of benzene rings is 2. The Morgan fingerprint density at radius 1 is 1.14 bits per heavy atom. The van der Waals surface area contributed by atoms with Crippen LogP contribution in [0.25, 0.3) is 0 Å². The highest BCUT2D eigenvalue weighted by Crippen LogP contribution is 2.32. The van der Waals surface area contributed by atoms with Crippen LogP contribution in [0.5, 0.6) is 5.75 Å². The monoisotopic (exact) mass is 351 g/mol. The molecule has 21 heavy (non-hydrogen) atoms. The highest BCUT2D eigenvalue weighted by atomic mass is 79.9. The topological polar surface area (TPSA) is 21.3 Å². The van der Waals surface area contributed by atoms with Crippen LogP contribution in [0.15, 0.2) is 46.9 Å². The Balaban J connectivity index is 2.46. The zero-order valence-corrected chi connectivity index (χ0v) is 13.9. The van der Waals surface area contributed by atoms with Crippen LogP contribution in [0, 0.1) is 5.82 Å². The maximum absolute atomic E-state index is 13.7. The molecule has 0 aliphatic rings. The predicted octanol–water partition coefficient (Wildman–Crippen LogP) is 4.68. The summed E-state index contributed by atoms with van der Waals surface area (Å²) in [5, 5.41) is 3.24. The summed E-state index contributed by atoms with van der Waals surface area (Å²) in [6.45, 7) is 3.98. The van der Waals surface area contributed by atoms with E-state index in [1.54, 1.807) is 0 Å². The average Bonchev–Trinajstić information content (AvgIpc) is 2.40. The average molecular weight is 352 g/mol. The van der Waals surface area contributed by atoms with Gasteiger partial charge in [0.15, 0.2) is 0 Å². The molecule has 2 rings (SSSR count). The molecule has 2 nitrogen and oxygen atoms in total. The maximum Gasteiger partial charge on any atom is 0.124 e. The van der Waals surface area contributed by atoms with E-state index in [0.717, 1.165) is 21.3 Å². The molecule has 0 bridgehead atoms. The van der Waals surface area contributed by atoms with Gasteiger partial charge in [-0.3, -0.25) is 0 Å². The molecule has 0 radical (unpaired) electrons. The lowest BCUT2D eigenvalue weighted by atomic mass is 9.98. The lowest BCUT2D eigenvalue weighted by Crippen LogP contribution is -2.20. The molecular formula is C17H19BrFNO. The molecule has 0 aromatic heterocycles. The smallest absolute Gasteiger partial charge is 0.124 e. The van der Waals surface area contributed by atoms with Crippen molar-refractivity contribution in [3.05, 3.63) is 63.9 Å². The van der Waals surface area contributed by atoms with E-state index in [9.17, 15) is 4.39 Å². The van der Waals surface area contributed by atoms with Gasteiger partial charge in [-0.15, -0.1) is 0 Å². The number of nitrogens with one attached hydrogen (secondary N) is 1. The molecule has 0 aliphatic carbocycles. The zero-order valence-electron chi connectivity index (χ0n) is 12.4. The fourth-order valence-corrected chi connectivity index (χ4v) is 2.81. The van der Waals surface area contributed by atoms with Gasteiger partial charge in [-0.1, -0.05) is 34.1 Å². The first-order valence-electron chi connectivity index (χ1n) is 6.90. The predicted molar refractivity (Wildman–Crippen MR) is 87.2 cm³/mol. The van der Waals surface area contributed by atoms with E-state index in [2.05, 4.69) is 21.2 Å². The molecule has 0 heterocycles. The Labute approximate surface area is 133 Å². The van der Waals surface area contributed by atoms with Crippen LogP contribution in [0.3, 0.4) is 0 Å². The summed E-state index contributed by atoms with van der Waals surface area (Å²) in [5.41, 5.74) is 1.84. The van der Waals surface area contributed by atoms with E-state index >= 15 is 0 Å². The van der Waals surface area contributed by atoms with Crippen molar-refractivity contribution in [2.45, 2.75) is 26.0 Å². The molecule has 2 aromatic rings. The molecule has 0 spiro atoms. The van der Waals surface area contributed by atoms with Gasteiger partial charge in [-0.25, -0.2) is 4.39 Å². The van der Waals surface area contributed by atoms with E-state index in [1.165, 1.54) is 12.1 Å². The fourth-order valence-electron chi connectivity index (χ4n) is 2.32. The van der Waals surface area contributed by atoms with Crippen molar-refractivity contribution in [1.82, 2.24) is 5.32 Å².